The fourth-order valence-electron chi connectivity index (χ4n) is 1.99. The number of nitrogens with two attached hydrogens (primary N) is 1. The molecule has 0 atom stereocenters. The molecule has 0 fully saturated rings. The van der Waals surface area contributed by atoms with Crippen LogP contribution in [0.1, 0.15) is 20.8 Å². The zero-order valence-corrected chi connectivity index (χ0v) is 12.4. The fraction of sp³-hybridized carbons (Fsp3) is 0.538. The lowest BCUT2D eigenvalue weighted by atomic mass is 9.92. The third-order valence-corrected chi connectivity index (χ3v) is 3.26. The number of rotatable bonds is 7. The average molecular weight is 296 g/mol. The van der Waals surface area contributed by atoms with E-state index < -0.39 is 9.85 Å². The van der Waals surface area contributed by atoms with Crippen LogP contribution in [0.15, 0.2) is 18.2 Å². The van der Waals surface area contributed by atoms with E-state index in [0.29, 0.717) is 25.3 Å². The van der Waals surface area contributed by atoms with E-state index in [1.165, 1.54) is 12.1 Å². The first-order valence-corrected chi connectivity index (χ1v) is 6.59. The molecule has 2 N–H and O–H groups in total. The van der Waals surface area contributed by atoms with Crippen molar-refractivity contribution in [3.8, 4) is 0 Å². The van der Waals surface area contributed by atoms with Gasteiger partial charge in [0.1, 0.15) is 5.69 Å². The van der Waals surface area contributed by atoms with Crippen molar-refractivity contribution in [3.63, 3.8) is 0 Å². The number of nitrogens with zero attached hydrogens (tertiary/aromatic N) is 3. The van der Waals surface area contributed by atoms with Crippen molar-refractivity contribution >= 4 is 17.1 Å². The van der Waals surface area contributed by atoms with E-state index >= 15 is 0 Å². The molecule has 0 heterocycles. The van der Waals surface area contributed by atoms with Crippen LogP contribution in [0.3, 0.4) is 0 Å². The highest BCUT2D eigenvalue weighted by Gasteiger charge is 2.26. The molecule has 1 aromatic carbocycles. The summed E-state index contributed by atoms with van der Waals surface area (Å²) in [7, 11) is 0. The lowest BCUT2D eigenvalue weighted by molar-refractivity contribution is -0.393. The van der Waals surface area contributed by atoms with E-state index in [4.69, 9.17) is 5.73 Å². The van der Waals surface area contributed by atoms with Crippen LogP contribution in [-0.4, -0.2) is 29.5 Å². The highest BCUT2D eigenvalue weighted by Crippen LogP contribution is 2.33. The minimum absolute atomic E-state index is 0.217. The van der Waals surface area contributed by atoms with Crippen LogP contribution in [0, 0.1) is 25.6 Å². The SMILES string of the molecule is CCN(CC(C)(C)CN)c1ccc([N+](=O)[O-])cc1[N+](=O)[O-]. The minimum Gasteiger partial charge on any atom is -0.366 e. The minimum atomic E-state index is -0.642. The first-order chi connectivity index (χ1) is 9.71. The molecule has 0 bridgehead atoms. The number of anilines is 1. The monoisotopic (exact) mass is 296 g/mol. The second kappa shape index (κ2) is 6.49. The predicted octanol–water partition coefficient (Wildman–Crippen LogP) is 2.31. The summed E-state index contributed by atoms with van der Waals surface area (Å²) in [6.07, 6.45) is 0. The summed E-state index contributed by atoms with van der Waals surface area (Å²) in [5, 5.41) is 21.9. The third kappa shape index (κ3) is 4.12. The zero-order chi connectivity index (χ0) is 16.2. The molecule has 1 rings (SSSR count). The average Bonchev–Trinajstić information content (AvgIpc) is 2.44. The molecule has 0 saturated carbocycles. The van der Waals surface area contributed by atoms with Gasteiger partial charge in [-0.2, -0.15) is 0 Å². The molecule has 8 heteroatoms. The molecular weight excluding hydrogens is 276 g/mol. The van der Waals surface area contributed by atoms with Crippen LogP contribution in [0.5, 0.6) is 0 Å². The van der Waals surface area contributed by atoms with Gasteiger partial charge in [-0.25, -0.2) is 0 Å². The van der Waals surface area contributed by atoms with Gasteiger partial charge in [0.15, 0.2) is 0 Å². The van der Waals surface area contributed by atoms with Crippen LogP contribution in [0.2, 0.25) is 0 Å². The molecule has 21 heavy (non-hydrogen) atoms. The number of benzene rings is 1. The third-order valence-electron chi connectivity index (χ3n) is 3.26. The molecule has 116 valence electrons. The molecule has 0 aromatic heterocycles. The molecule has 0 aliphatic heterocycles. The number of hydrogen-bond acceptors (Lipinski definition) is 6. The Bertz CT molecular complexity index is 545. The quantitative estimate of drug-likeness (QED) is 0.609. The summed E-state index contributed by atoms with van der Waals surface area (Å²) in [6, 6.07) is 3.69. The first kappa shape index (κ1) is 16.8. The number of nitro benzene ring substituents is 2. The largest absolute Gasteiger partial charge is 0.366 e. The van der Waals surface area contributed by atoms with E-state index in [1.807, 2.05) is 25.7 Å². The lowest BCUT2D eigenvalue weighted by Crippen LogP contribution is -2.39. The van der Waals surface area contributed by atoms with Gasteiger partial charge >= 0.3 is 0 Å². The lowest BCUT2D eigenvalue weighted by Gasteiger charge is -2.32. The van der Waals surface area contributed by atoms with Gasteiger partial charge < -0.3 is 10.6 Å². The predicted molar refractivity (Wildman–Crippen MR) is 80.5 cm³/mol. The van der Waals surface area contributed by atoms with Crippen LogP contribution < -0.4 is 10.6 Å². The zero-order valence-electron chi connectivity index (χ0n) is 12.4. The number of nitro groups is 2. The smallest absolute Gasteiger partial charge is 0.299 e. The van der Waals surface area contributed by atoms with E-state index in [-0.39, 0.29) is 16.8 Å². The Morgan fingerprint density at radius 2 is 1.86 bits per heavy atom. The standard InChI is InChI=1S/C13H20N4O4/c1-4-15(9-13(2,3)8-14)11-6-5-10(16(18)19)7-12(11)17(20)21/h5-7H,4,8-9,14H2,1-3H3. The summed E-state index contributed by atoms with van der Waals surface area (Å²) in [5.41, 5.74) is 5.30. The molecule has 0 spiro atoms. The Balaban J connectivity index is 3.26. The van der Waals surface area contributed by atoms with E-state index in [0.717, 1.165) is 6.07 Å². The highest BCUT2D eigenvalue weighted by molar-refractivity contribution is 5.66. The molecule has 0 aliphatic carbocycles. The summed E-state index contributed by atoms with van der Waals surface area (Å²) in [4.78, 5) is 22.5. The second-order valence-corrected chi connectivity index (χ2v) is 5.57. The maximum absolute atomic E-state index is 11.2. The second-order valence-electron chi connectivity index (χ2n) is 5.57. The van der Waals surface area contributed by atoms with Gasteiger partial charge in [-0.1, -0.05) is 13.8 Å². The maximum Gasteiger partial charge on any atom is 0.299 e. The van der Waals surface area contributed by atoms with Gasteiger partial charge in [-0.15, -0.1) is 0 Å². The Morgan fingerprint density at radius 1 is 1.24 bits per heavy atom. The Kier molecular flexibility index (Phi) is 5.20. The van der Waals surface area contributed by atoms with Crippen molar-refractivity contribution in [2.24, 2.45) is 11.1 Å². The van der Waals surface area contributed by atoms with Gasteiger partial charge in [0.25, 0.3) is 11.4 Å². The van der Waals surface area contributed by atoms with Crippen molar-refractivity contribution in [2.45, 2.75) is 20.8 Å². The normalized spacial score (nSPS) is 11.2. The number of non-ortho nitro benzene ring substituents is 1. The van der Waals surface area contributed by atoms with Crippen LogP contribution in [0.4, 0.5) is 17.1 Å². The van der Waals surface area contributed by atoms with Crippen molar-refractivity contribution in [1.29, 1.82) is 0 Å². The fourth-order valence-corrected chi connectivity index (χ4v) is 1.99. The maximum atomic E-state index is 11.2. The number of hydrogen-bond donors (Lipinski definition) is 1. The Morgan fingerprint density at radius 3 is 2.29 bits per heavy atom. The summed E-state index contributed by atoms with van der Waals surface area (Å²) >= 11 is 0. The molecule has 0 radical (unpaired) electrons. The van der Waals surface area contributed by atoms with Crippen LogP contribution >= 0.6 is 0 Å². The molecular formula is C13H20N4O4. The molecule has 0 amide bonds. The van der Waals surface area contributed by atoms with Crippen molar-refractivity contribution in [1.82, 2.24) is 0 Å². The molecule has 0 aliphatic rings. The summed E-state index contributed by atoms with van der Waals surface area (Å²) in [6.45, 7) is 7.31. The molecule has 8 nitrogen and oxygen atoms in total. The molecule has 1 aromatic rings. The summed E-state index contributed by atoms with van der Waals surface area (Å²) < 4.78 is 0. The van der Waals surface area contributed by atoms with Gasteiger partial charge in [0.05, 0.1) is 15.9 Å². The first-order valence-electron chi connectivity index (χ1n) is 6.59. The van der Waals surface area contributed by atoms with Gasteiger partial charge in [0, 0.05) is 19.2 Å². The highest BCUT2D eigenvalue weighted by atomic mass is 16.6. The van der Waals surface area contributed by atoms with E-state index in [1.54, 1.807) is 0 Å². The van der Waals surface area contributed by atoms with Gasteiger partial charge in [-0.05, 0) is 24.9 Å². The van der Waals surface area contributed by atoms with Crippen LogP contribution in [-0.2, 0) is 0 Å². The van der Waals surface area contributed by atoms with Crippen LogP contribution in [0.25, 0.3) is 0 Å². The van der Waals surface area contributed by atoms with Crippen molar-refractivity contribution < 1.29 is 9.85 Å². The molecule has 0 saturated heterocycles. The topological polar surface area (TPSA) is 116 Å². The molecule has 0 unspecified atom stereocenters. The van der Waals surface area contributed by atoms with E-state index in [9.17, 15) is 20.2 Å². The summed E-state index contributed by atoms with van der Waals surface area (Å²) in [5.74, 6) is 0. The Labute approximate surface area is 122 Å². The van der Waals surface area contributed by atoms with E-state index in [2.05, 4.69) is 0 Å². The van der Waals surface area contributed by atoms with Crippen molar-refractivity contribution in [3.05, 3.63) is 38.4 Å². The van der Waals surface area contributed by atoms with Crippen molar-refractivity contribution in [2.75, 3.05) is 24.5 Å². The van der Waals surface area contributed by atoms with Gasteiger partial charge in [0.2, 0.25) is 0 Å². The van der Waals surface area contributed by atoms with Gasteiger partial charge in [-0.3, -0.25) is 20.2 Å². The Hall–Kier alpha value is -2.22.